The van der Waals surface area contributed by atoms with Crippen molar-refractivity contribution in [3.63, 3.8) is 0 Å². The third-order valence-corrected chi connectivity index (χ3v) is 1.94. The number of aromatic hydroxyl groups is 1. The van der Waals surface area contributed by atoms with Gasteiger partial charge >= 0.3 is 5.97 Å². The summed E-state index contributed by atoms with van der Waals surface area (Å²) in [7, 11) is 0. The quantitative estimate of drug-likeness (QED) is 0.659. The van der Waals surface area contributed by atoms with Crippen LogP contribution in [0.25, 0.3) is 10.9 Å². The Morgan fingerprint density at radius 2 is 2.29 bits per heavy atom. The molecule has 3 N–H and O–H groups in total. The number of hydrogen-bond donors (Lipinski definition) is 3. The number of phenols is 1. The van der Waals surface area contributed by atoms with Crippen LogP contribution in [0.4, 0.5) is 0 Å². The zero-order valence-corrected chi connectivity index (χ0v) is 7.19. The van der Waals surface area contributed by atoms with Crippen molar-refractivity contribution in [1.82, 2.24) is 10.2 Å². The summed E-state index contributed by atoms with van der Waals surface area (Å²) in [4.78, 5) is 10.5. The van der Waals surface area contributed by atoms with Gasteiger partial charge in [0.1, 0.15) is 5.75 Å². The molecule has 0 aliphatic heterocycles. The highest BCUT2D eigenvalue weighted by Crippen LogP contribution is 2.21. The van der Waals surface area contributed by atoms with Crippen LogP contribution in [0.15, 0.2) is 18.2 Å². The first kappa shape index (κ1) is 8.55. The van der Waals surface area contributed by atoms with E-state index in [4.69, 9.17) is 5.11 Å². The number of benzene rings is 1. The summed E-state index contributed by atoms with van der Waals surface area (Å²) in [5.74, 6) is -0.829. The highest BCUT2D eigenvalue weighted by Gasteiger charge is 2.08. The van der Waals surface area contributed by atoms with Crippen LogP contribution in [0.1, 0.15) is 5.69 Å². The Morgan fingerprint density at radius 3 is 3.00 bits per heavy atom. The molecule has 2 rings (SSSR count). The van der Waals surface area contributed by atoms with E-state index in [1.54, 1.807) is 6.07 Å². The maximum atomic E-state index is 10.5. The van der Waals surface area contributed by atoms with E-state index in [-0.39, 0.29) is 12.2 Å². The van der Waals surface area contributed by atoms with Gasteiger partial charge in [0, 0.05) is 5.39 Å². The first-order valence-corrected chi connectivity index (χ1v) is 4.04. The van der Waals surface area contributed by atoms with E-state index in [0.29, 0.717) is 16.6 Å². The van der Waals surface area contributed by atoms with Gasteiger partial charge < -0.3 is 10.2 Å². The summed E-state index contributed by atoms with van der Waals surface area (Å²) >= 11 is 0. The van der Waals surface area contributed by atoms with Crippen molar-refractivity contribution in [2.24, 2.45) is 0 Å². The van der Waals surface area contributed by atoms with E-state index < -0.39 is 5.97 Å². The summed E-state index contributed by atoms with van der Waals surface area (Å²) < 4.78 is 0. The number of nitrogens with zero attached hydrogens (tertiary/aromatic N) is 1. The van der Waals surface area contributed by atoms with Crippen molar-refractivity contribution < 1.29 is 15.0 Å². The smallest absolute Gasteiger partial charge is 0.309 e. The second-order valence-electron chi connectivity index (χ2n) is 2.97. The Balaban J connectivity index is 2.55. The molecule has 0 saturated heterocycles. The Bertz CT molecular complexity index is 490. The number of rotatable bonds is 2. The third kappa shape index (κ3) is 1.39. The minimum absolute atomic E-state index is 0.102. The maximum Gasteiger partial charge on any atom is 0.309 e. The highest BCUT2D eigenvalue weighted by molar-refractivity contribution is 5.86. The van der Waals surface area contributed by atoms with E-state index in [2.05, 4.69) is 10.2 Å². The number of phenolic OH excluding ortho intramolecular Hbond substituents is 1. The van der Waals surface area contributed by atoms with Crippen LogP contribution < -0.4 is 0 Å². The zero-order valence-electron chi connectivity index (χ0n) is 7.19. The van der Waals surface area contributed by atoms with Gasteiger partial charge in [-0.3, -0.25) is 9.89 Å². The lowest BCUT2D eigenvalue weighted by atomic mass is 10.1. The van der Waals surface area contributed by atoms with Crippen LogP contribution in [0.3, 0.4) is 0 Å². The monoisotopic (exact) mass is 192 g/mol. The number of aromatic amines is 1. The predicted octanol–water partition coefficient (Wildman–Crippen LogP) is 0.896. The molecule has 0 fully saturated rings. The van der Waals surface area contributed by atoms with Gasteiger partial charge in [0.15, 0.2) is 0 Å². The highest BCUT2D eigenvalue weighted by atomic mass is 16.4. The number of carboxylic acids is 1. The fraction of sp³-hybridized carbons (Fsp3) is 0.111. The summed E-state index contributed by atoms with van der Waals surface area (Å²) in [5.41, 5.74) is 1.16. The van der Waals surface area contributed by atoms with Crippen molar-refractivity contribution in [2.75, 3.05) is 0 Å². The van der Waals surface area contributed by atoms with Gasteiger partial charge in [0.25, 0.3) is 0 Å². The van der Waals surface area contributed by atoms with Crippen molar-refractivity contribution in [1.29, 1.82) is 0 Å². The molecular formula is C9H8N2O3. The molecule has 1 aromatic carbocycles. The van der Waals surface area contributed by atoms with E-state index in [1.165, 1.54) is 12.1 Å². The average molecular weight is 192 g/mol. The van der Waals surface area contributed by atoms with Crippen LogP contribution in [0.2, 0.25) is 0 Å². The normalized spacial score (nSPS) is 10.6. The van der Waals surface area contributed by atoms with Gasteiger partial charge in [-0.05, 0) is 18.2 Å². The molecule has 0 amide bonds. The number of fused-ring (bicyclic) bond motifs is 1. The Hall–Kier alpha value is -2.04. The zero-order chi connectivity index (χ0) is 10.1. The molecule has 0 aliphatic carbocycles. The van der Waals surface area contributed by atoms with Gasteiger partial charge in [-0.2, -0.15) is 5.10 Å². The third-order valence-electron chi connectivity index (χ3n) is 1.94. The molecule has 5 heteroatoms. The molecule has 14 heavy (non-hydrogen) atoms. The topological polar surface area (TPSA) is 86.2 Å². The van der Waals surface area contributed by atoms with Gasteiger partial charge in [-0.25, -0.2) is 0 Å². The minimum Gasteiger partial charge on any atom is -0.508 e. The minimum atomic E-state index is -0.932. The fourth-order valence-electron chi connectivity index (χ4n) is 1.34. The number of carbonyl (C=O) groups is 1. The molecule has 0 radical (unpaired) electrons. The molecule has 1 aromatic heterocycles. The fourth-order valence-corrected chi connectivity index (χ4v) is 1.34. The number of aliphatic carboxylic acids is 1. The van der Waals surface area contributed by atoms with E-state index in [9.17, 15) is 9.90 Å². The van der Waals surface area contributed by atoms with Crippen LogP contribution in [-0.4, -0.2) is 26.4 Å². The number of H-pyrrole nitrogens is 1. The van der Waals surface area contributed by atoms with Crippen molar-refractivity contribution in [3.05, 3.63) is 23.9 Å². The van der Waals surface area contributed by atoms with Gasteiger partial charge in [0.05, 0.1) is 17.6 Å². The van der Waals surface area contributed by atoms with Crippen LogP contribution >= 0.6 is 0 Å². The summed E-state index contributed by atoms with van der Waals surface area (Å²) in [6.45, 7) is 0. The lowest BCUT2D eigenvalue weighted by Crippen LogP contribution is -2.00. The molecule has 0 spiro atoms. The standard InChI is InChI=1S/C9H8N2O3/c12-5-1-2-7-6(3-5)8(11-10-7)4-9(13)14/h1-3,12H,4H2,(H,10,11)(H,13,14). The molecular weight excluding hydrogens is 184 g/mol. The van der Waals surface area contributed by atoms with Crippen molar-refractivity contribution in [2.45, 2.75) is 6.42 Å². The molecule has 0 unspecified atom stereocenters. The molecule has 0 aliphatic rings. The molecule has 0 saturated carbocycles. The van der Waals surface area contributed by atoms with Crippen molar-refractivity contribution in [3.8, 4) is 5.75 Å². The largest absolute Gasteiger partial charge is 0.508 e. The summed E-state index contributed by atoms with van der Waals surface area (Å²) in [5, 5.41) is 25.0. The second kappa shape index (κ2) is 3.02. The van der Waals surface area contributed by atoms with Crippen molar-refractivity contribution >= 4 is 16.9 Å². The molecule has 0 bridgehead atoms. The molecule has 2 aromatic rings. The number of carboxylic acid groups (broad SMARTS) is 1. The summed E-state index contributed by atoms with van der Waals surface area (Å²) in [6.07, 6.45) is -0.125. The Kier molecular flexibility index (Phi) is 1.85. The SMILES string of the molecule is O=C(O)Cc1[nH]nc2ccc(O)cc12. The molecule has 5 nitrogen and oxygen atoms in total. The Morgan fingerprint density at radius 1 is 1.50 bits per heavy atom. The van der Waals surface area contributed by atoms with Gasteiger partial charge in [-0.15, -0.1) is 0 Å². The number of aromatic nitrogens is 2. The van der Waals surface area contributed by atoms with E-state index >= 15 is 0 Å². The average Bonchev–Trinajstić information content (AvgIpc) is 2.47. The maximum absolute atomic E-state index is 10.5. The molecule has 0 atom stereocenters. The lowest BCUT2D eigenvalue weighted by molar-refractivity contribution is -0.136. The summed E-state index contributed by atoms with van der Waals surface area (Å²) in [6, 6.07) is 4.64. The number of hydrogen-bond acceptors (Lipinski definition) is 3. The number of nitrogens with one attached hydrogen (secondary N) is 1. The van der Waals surface area contributed by atoms with E-state index in [1.807, 2.05) is 0 Å². The first-order chi connectivity index (χ1) is 6.66. The lowest BCUT2D eigenvalue weighted by Gasteiger charge is -1.94. The van der Waals surface area contributed by atoms with Crippen LogP contribution in [0.5, 0.6) is 5.75 Å². The van der Waals surface area contributed by atoms with Gasteiger partial charge in [0.2, 0.25) is 0 Å². The van der Waals surface area contributed by atoms with Gasteiger partial charge in [-0.1, -0.05) is 0 Å². The molecule has 1 heterocycles. The first-order valence-electron chi connectivity index (χ1n) is 4.04. The Labute approximate surface area is 79.0 Å². The molecule has 72 valence electrons. The van der Waals surface area contributed by atoms with Crippen LogP contribution in [-0.2, 0) is 11.2 Å². The second-order valence-corrected chi connectivity index (χ2v) is 2.97. The van der Waals surface area contributed by atoms with E-state index in [0.717, 1.165) is 0 Å². The van der Waals surface area contributed by atoms with Crippen LogP contribution in [0, 0.1) is 0 Å². The predicted molar refractivity (Wildman–Crippen MR) is 49.1 cm³/mol.